The van der Waals surface area contributed by atoms with Gasteiger partial charge in [-0.1, -0.05) is 132 Å². The van der Waals surface area contributed by atoms with Crippen LogP contribution in [0.5, 0.6) is 0 Å². The largest absolute Gasteiger partial charge is 0.310 e. The molecule has 0 aliphatic heterocycles. The van der Waals surface area contributed by atoms with Gasteiger partial charge in [-0.25, -0.2) is 0 Å². The van der Waals surface area contributed by atoms with Gasteiger partial charge in [0.05, 0.1) is 11.0 Å². The fourth-order valence-electron chi connectivity index (χ4n) is 15.2. The monoisotopic (exact) mass is 1010 g/mol. The van der Waals surface area contributed by atoms with Crippen LogP contribution in [0, 0.1) is 11.8 Å². The third-order valence-corrected chi connectivity index (χ3v) is 19.0. The predicted octanol–water partition coefficient (Wildman–Crippen LogP) is 20.3. The molecule has 1 heterocycles. The van der Waals surface area contributed by atoms with Crippen LogP contribution < -0.4 is 9.80 Å². The van der Waals surface area contributed by atoms with Gasteiger partial charge in [-0.2, -0.15) is 0 Å². The highest BCUT2D eigenvalue weighted by atomic mass is 15.2. The van der Waals surface area contributed by atoms with Crippen molar-refractivity contribution in [3.8, 4) is 5.69 Å². The van der Waals surface area contributed by atoms with E-state index >= 15 is 0 Å². The lowest BCUT2D eigenvalue weighted by molar-refractivity contribution is -0.0281. The summed E-state index contributed by atoms with van der Waals surface area (Å²) in [5.41, 5.74) is 22.7. The predicted molar refractivity (Wildman–Crippen MR) is 328 cm³/mol. The van der Waals surface area contributed by atoms with E-state index in [-0.39, 0.29) is 10.8 Å². The zero-order valence-corrected chi connectivity index (χ0v) is 46.0. The molecule has 8 aromatic carbocycles. The SMILES string of the molecule is C=Cc1ccc(C23CC4CC(C2)CC(c2ccc(-n5c6ccc(N(c7ccc(CCCC)cc7)c7ccc(CCCC)cc7)cc6c6cc(N(c7ccc(CCCC)cc7)c7ccc8c(c7)CC8)ccc65)cc2)(C4)C3)cc1. The number of anilines is 6. The summed E-state index contributed by atoms with van der Waals surface area (Å²) in [7, 11) is 0. The van der Waals surface area contributed by atoms with Crippen molar-refractivity contribution in [3.05, 3.63) is 227 Å². The van der Waals surface area contributed by atoms with Crippen LogP contribution >= 0.6 is 0 Å². The summed E-state index contributed by atoms with van der Waals surface area (Å²) in [6, 6.07) is 69.3. The summed E-state index contributed by atoms with van der Waals surface area (Å²) >= 11 is 0. The van der Waals surface area contributed by atoms with Crippen LogP contribution in [0.15, 0.2) is 183 Å². The molecule has 3 nitrogen and oxygen atoms in total. The van der Waals surface area contributed by atoms with E-state index < -0.39 is 0 Å². The summed E-state index contributed by atoms with van der Waals surface area (Å²) in [6.07, 6.45) is 22.8. The number of aryl methyl sites for hydroxylation is 5. The van der Waals surface area contributed by atoms with Gasteiger partial charge in [-0.05, 0) is 254 Å². The van der Waals surface area contributed by atoms with Crippen LogP contribution in [-0.2, 0) is 42.9 Å². The van der Waals surface area contributed by atoms with E-state index in [0.717, 1.165) is 43.2 Å². The number of unbranched alkanes of at least 4 members (excludes halogenated alkanes) is 3. The highest BCUT2D eigenvalue weighted by Gasteiger charge is 2.58. The van der Waals surface area contributed by atoms with Gasteiger partial charge >= 0.3 is 0 Å². The quantitative estimate of drug-likeness (QED) is 0.0800. The summed E-state index contributed by atoms with van der Waals surface area (Å²) in [6.45, 7) is 10.9. The number of hydrogen-bond acceptors (Lipinski definition) is 2. The minimum atomic E-state index is 0.215. The maximum absolute atomic E-state index is 4.06. The minimum Gasteiger partial charge on any atom is -0.310 e. The van der Waals surface area contributed by atoms with Gasteiger partial charge in [0, 0.05) is 50.6 Å². The molecule has 9 aromatic rings. The molecule has 14 rings (SSSR count). The highest BCUT2D eigenvalue weighted by molar-refractivity contribution is 6.12. The Balaban J connectivity index is 0.952. The molecule has 77 heavy (non-hydrogen) atoms. The van der Waals surface area contributed by atoms with Crippen LogP contribution in [0.2, 0.25) is 0 Å². The first kappa shape index (κ1) is 49.5. The molecule has 5 aliphatic rings. The Morgan fingerprint density at radius 1 is 0.455 bits per heavy atom. The second-order valence-corrected chi connectivity index (χ2v) is 24.1. The number of fused-ring (bicyclic) bond motifs is 4. The number of rotatable bonds is 19. The molecule has 4 saturated carbocycles. The van der Waals surface area contributed by atoms with Crippen molar-refractivity contribution in [2.45, 2.75) is 141 Å². The Morgan fingerprint density at radius 3 is 1.27 bits per heavy atom. The molecule has 4 fully saturated rings. The Labute approximate surface area is 459 Å². The summed E-state index contributed by atoms with van der Waals surface area (Å²) in [5, 5.41) is 2.51. The van der Waals surface area contributed by atoms with E-state index in [1.54, 1.807) is 11.1 Å². The van der Waals surface area contributed by atoms with Crippen LogP contribution in [0.25, 0.3) is 33.6 Å². The normalized spacial score (nSPS) is 20.1. The molecule has 2 unspecified atom stereocenters. The standard InChI is InChI=1S/C74H77N3/c1-5-9-12-53-17-30-62(31-18-53)75(63-32-19-54(20-33-63)13-10-6-2)67-39-41-71-69(45-67)70-46-68(76(66-36-25-58-23-24-59(58)44-66)64-34-21-55(22-35-64)14-11-7-3)40-42-72(70)77(71)65-37-28-61(29-38-65)74-49-56-43-57(50-74)48-73(47-56,51-74)60-26-15-52(8-4)16-27-60/h8,15-22,25-42,44-46,56-57H,4-7,9-14,23-24,43,47-51H2,1-3H3. The van der Waals surface area contributed by atoms with E-state index in [4.69, 9.17) is 0 Å². The average molecular weight is 1010 g/mol. The third kappa shape index (κ3) is 9.22. The van der Waals surface area contributed by atoms with Crippen molar-refractivity contribution in [2.24, 2.45) is 11.8 Å². The van der Waals surface area contributed by atoms with Crippen molar-refractivity contribution in [2.75, 3.05) is 9.80 Å². The minimum absolute atomic E-state index is 0.215. The fraction of sp³-hybridized carbons (Fsp3) is 0.324. The van der Waals surface area contributed by atoms with E-state index in [1.165, 1.54) is 173 Å². The Hall–Kier alpha value is -7.10. The number of aromatic nitrogens is 1. The molecule has 0 amide bonds. The number of hydrogen-bond donors (Lipinski definition) is 0. The zero-order chi connectivity index (χ0) is 52.1. The fourth-order valence-corrected chi connectivity index (χ4v) is 15.2. The van der Waals surface area contributed by atoms with Gasteiger partial charge in [0.25, 0.3) is 0 Å². The maximum Gasteiger partial charge on any atom is 0.0542 e. The molecule has 0 radical (unpaired) electrons. The van der Waals surface area contributed by atoms with E-state index in [1.807, 2.05) is 6.08 Å². The molecule has 388 valence electrons. The van der Waals surface area contributed by atoms with Gasteiger partial charge in [-0.3, -0.25) is 0 Å². The molecule has 3 heteroatoms. The van der Waals surface area contributed by atoms with Crippen molar-refractivity contribution in [3.63, 3.8) is 0 Å². The topological polar surface area (TPSA) is 11.4 Å². The van der Waals surface area contributed by atoms with Gasteiger partial charge in [-0.15, -0.1) is 0 Å². The molecule has 0 saturated heterocycles. The van der Waals surface area contributed by atoms with Gasteiger partial charge in [0.15, 0.2) is 0 Å². The molecule has 2 atom stereocenters. The molecular weight excluding hydrogens is 931 g/mol. The van der Waals surface area contributed by atoms with Gasteiger partial charge < -0.3 is 14.4 Å². The zero-order valence-electron chi connectivity index (χ0n) is 46.0. The van der Waals surface area contributed by atoms with E-state index in [2.05, 4.69) is 218 Å². The molecular formula is C74H77N3. The lowest BCUT2D eigenvalue weighted by Crippen LogP contribution is -2.55. The third-order valence-electron chi connectivity index (χ3n) is 19.0. The molecule has 1 aromatic heterocycles. The first-order valence-electron chi connectivity index (χ1n) is 29.7. The Kier molecular flexibility index (Phi) is 13.3. The number of nitrogens with zero attached hydrogens (tertiary/aromatic N) is 3. The van der Waals surface area contributed by atoms with Crippen LogP contribution in [0.1, 0.15) is 142 Å². The van der Waals surface area contributed by atoms with Gasteiger partial charge in [0.2, 0.25) is 0 Å². The average Bonchev–Trinajstić information content (AvgIpc) is 3.78. The van der Waals surface area contributed by atoms with Crippen LogP contribution in [0.4, 0.5) is 34.1 Å². The molecule has 4 bridgehead atoms. The Morgan fingerprint density at radius 2 is 0.857 bits per heavy atom. The highest BCUT2D eigenvalue weighted by Crippen LogP contribution is 2.66. The van der Waals surface area contributed by atoms with Crippen molar-refractivity contribution >= 4 is 62.0 Å². The smallest absolute Gasteiger partial charge is 0.0542 e. The summed E-state index contributed by atoms with van der Waals surface area (Å²) in [4.78, 5) is 4.98. The van der Waals surface area contributed by atoms with Crippen molar-refractivity contribution in [1.29, 1.82) is 0 Å². The van der Waals surface area contributed by atoms with Gasteiger partial charge in [0.1, 0.15) is 0 Å². The Bertz CT molecular complexity index is 3490. The lowest BCUT2D eigenvalue weighted by atomic mass is 9.42. The van der Waals surface area contributed by atoms with E-state index in [0.29, 0.717) is 0 Å². The first-order chi connectivity index (χ1) is 37.8. The van der Waals surface area contributed by atoms with E-state index in [9.17, 15) is 0 Å². The van der Waals surface area contributed by atoms with Crippen molar-refractivity contribution < 1.29 is 0 Å². The second-order valence-electron chi connectivity index (χ2n) is 24.1. The van der Waals surface area contributed by atoms with Crippen molar-refractivity contribution in [1.82, 2.24) is 4.57 Å². The van der Waals surface area contributed by atoms with Crippen LogP contribution in [-0.4, -0.2) is 4.57 Å². The lowest BCUT2D eigenvalue weighted by Gasteiger charge is -2.63. The molecule has 0 spiro atoms. The molecule has 5 aliphatic carbocycles. The first-order valence-corrected chi connectivity index (χ1v) is 29.7. The summed E-state index contributed by atoms with van der Waals surface area (Å²) < 4.78 is 2.55. The number of benzene rings is 8. The second kappa shape index (κ2) is 20.7. The summed E-state index contributed by atoms with van der Waals surface area (Å²) in [5.74, 6) is 1.58. The van der Waals surface area contributed by atoms with Crippen LogP contribution in [0.3, 0.4) is 0 Å². The maximum atomic E-state index is 4.06. The molecule has 0 N–H and O–H groups in total.